The summed E-state index contributed by atoms with van der Waals surface area (Å²) in [6, 6.07) is 3.64. The Morgan fingerprint density at radius 3 is 2.68 bits per heavy atom. The first-order chi connectivity index (χ1) is 10.6. The highest BCUT2D eigenvalue weighted by molar-refractivity contribution is 7.80. The molecule has 22 heavy (non-hydrogen) atoms. The van der Waals surface area contributed by atoms with Gasteiger partial charge in [-0.05, 0) is 43.6 Å². The fraction of sp³-hybridized carbons (Fsp3) is 0.400. The molecule has 0 spiro atoms. The minimum absolute atomic E-state index is 0.0237. The predicted molar refractivity (Wildman–Crippen MR) is 86.3 cm³/mol. The summed E-state index contributed by atoms with van der Waals surface area (Å²) in [6.07, 6.45) is 5.01. The van der Waals surface area contributed by atoms with Crippen molar-refractivity contribution in [1.82, 2.24) is 10.2 Å². The number of amides is 2. The minimum Gasteiger partial charge on any atom is -0.441 e. The van der Waals surface area contributed by atoms with E-state index in [0.29, 0.717) is 5.76 Å². The number of carbonyl (C=O) groups excluding carboxylic acids is 2. The van der Waals surface area contributed by atoms with Crippen LogP contribution in [0.4, 0.5) is 5.88 Å². The summed E-state index contributed by atoms with van der Waals surface area (Å²) in [6.45, 7) is 1.94. The lowest BCUT2D eigenvalue weighted by Crippen LogP contribution is -2.52. The molecular formula is C15H17N3O3S. The Labute approximate surface area is 133 Å². The summed E-state index contributed by atoms with van der Waals surface area (Å²) in [4.78, 5) is 27.4. The molecule has 2 amide bonds. The number of carbonyl (C=O) groups is 2. The van der Waals surface area contributed by atoms with Gasteiger partial charge in [-0.1, -0.05) is 0 Å². The third-order valence-electron chi connectivity index (χ3n) is 3.87. The van der Waals surface area contributed by atoms with Gasteiger partial charge in [0.1, 0.15) is 11.3 Å². The zero-order chi connectivity index (χ0) is 15.7. The lowest BCUT2D eigenvalue weighted by molar-refractivity contribution is -0.128. The molecule has 2 aliphatic heterocycles. The minimum atomic E-state index is -0.496. The van der Waals surface area contributed by atoms with Crippen molar-refractivity contribution in [2.24, 2.45) is 0 Å². The highest BCUT2D eigenvalue weighted by Gasteiger charge is 2.31. The molecule has 1 N–H and O–H groups in total. The van der Waals surface area contributed by atoms with E-state index in [4.69, 9.17) is 16.6 Å². The molecule has 3 rings (SSSR count). The molecule has 2 saturated heterocycles. The van der Waals surface area contributed by atoms with Crippen molar-refractivity contribution < 1.29 is 14.0 Å². The molecule has 0 unspecified atom stereocenters. The Morgan fingerprint density at radius 1 is 1.23 bits per heavy atom. The summed E-state index contributed by atoms with van der Waals surface area (Å²) >= 11 is 4.91. The van der Waals surface area contributed by atoms with Gasteiger partial charge in [-0.15, -0.1) is 0 Å². The largest absolute Gasteiger partial charge is 0.441 e. The summed E-state index contributed by atoms with van der Waals surface area (Å²) in [7, 11) is 1.53. The van der Waals surface area contributed by atoms with Crippen molar-refractivity contribution >= 4 is 41.1 Å². The van der Waals surface area contributed by atoms with Crippen LogP contribution in [0.5, 0.6) is 0 Å². The highest BCUT2D eigenvalue weighted by Crippen LogP contribution is 2.24. The predicted octanol–water partition coefficient (Wildman–Crippen LogP) is 1.53. The maximum Gasteiger partial charge on any atom is 0.265 e. The van der Waals surface area contributed by atoms with Gasteiger partial charge in [0.15, 0.2) is 11.0 Å². The number of hydrogen-bond donors (Lipinski definition) is 1. The SMILES string of the molecule is CN1C(=O)/C(=C\c2ccc(N3CCCCC3)o2)C(=O)NC1=S. The molecule has 0 saturated carbocycles. The van der Waals surface area contributed by atoms with Gasteiger partial charge in [0, 0.05) is 26.2 Å². The summed E-state index contributed by atoms with van der Waals surface area (Å²) in [5.41, 5.74) is 0.0237. The lowest BCUT2D eigenvalue weighted by Gasteiger charge is -2.26. The van der Waals surface area contributed by atoms with Gasteiger partial charge in [-0.2, -0.15) is 0 Å². The number of nitrogens with one attached hydrogen (secondary N) is 1. The van der Waals surface area contributed by atoms with E-state index in [0.717, 1.165) is 31.8 Å². The van der Waals surface area contributed by atoms with Crippen LogP contribution < -0.4 is 10.2 Å². The molecule has 2 aliphatic rings. The van der Waals surface area contributed by atoms with Gasteiger partial charge < -0.3 is 9.32 Å². The standard InChI is InChI=1S/C15H17N3O3S/c1-17-14(20)11(13(19)16-15(17)22)9-10-5-6-12(21-10)18-7-3-2-4-8-18/h5-6,9H,2-4,7-8H2,1H3,(H,16,19,22)/b11-9-. The number of hydrogen-bond acceptors (Lipinski definition) is 5. The number of furan rings is 1. The average Bonchev–Trinajstić information content (AvgIpc) is 2.99. The van der Waals surface area contributed by atoms with Gasteiger partial charge in [-0.3, -0.25) is 19.8 Å². The van der Waals surface area contributed by atoms with E-state index in [-0.39, 0.29) is 10.7 Å². The Kier molecular flexibility index (Phi) is 3.98. The number of thiocarbonyl (C=S) groups is 1. The first-order valence-corrected chi connectivity index (χ1v) is 7.67. The molecular weight excluding hydrogens is 302 g/mol. The van der Waals surface area contributed by atoms with Gasteiger partial charge in [0.05, 0.1) is 0 Å². The number of piperidine rings is 1. The first-order valence-electron chi connectivity index (χ1n) is 7.26. The van der Waals surface area contributed by atoms with E-state index >= 15 is 0 Å². The van der Waals surface area contributed by atoms with Crippen LogP contribution in [0, 0.1) is 0 Å². The van der Waals surface area contributed by atoms with Crippen molar-refractivity contribution in [2.45, 2.75) is 19.3 Å². The zero-order valence-corrected chi connectivity index (χ0v) is 13.1. The molecule has 0 aliphatic carbocycles. The Hall–Kier alpha value is -2.15. The quantitative estimate of drug-likeness (QED) is 0.509. The second-order valence-electron chi connectivity index (χ2n) is 5.41. The monoisotopic (exact) mass is 319 g/mol. The van der Waals surface area contributed by atoms with Crippen molar-refractivity contribution in [3.8, 4) is 0 Å². The van der Waals surface area contributed by atoms with Crippen molar-refractivity contribution in [1.29, 1.82) is 0 Å². The van der Waals surface area contributed by atoms with Crippen LogP contribution in [-0.4, -0.2) is 42.0 Å². The van der Waals surface area contributed by atoms with Crippen LogP contribution in [0.3, 0.4) is 0 Å². The van der Waals surface area contributed by atoms with Crippen LogP contribution in [0.15, 0.2) is 22.1 Å². The van der Waals surface area contributed by atoms with Crippen molar-refractivity contribution in [2.75, 3.05) is 25.0 Å². The summed E-state index contributed by atoms with van der Waals surface area (Å²) in [5, 5.41) is 2.59. The number of anilines is 1. The summed E-state index contributed by atoms with van der Waals surface area (Å²) < 4.78 is 5.75. The second kappa shape index (κ2) is 5.92. The maximum atomic E-state index is 12.1. The van der Waals surface area contributed by atoms with Crippen molar-refractivity contribution in [3.05, 3.63) is 23.5 Å². The van der Waals surface area contributed by atoms with E-state index in [1.54, 1.807) is 6.07 Å². The molecule has 0 aromatic carbocycles. The van der Waals surface area contributed by atoms with E-state index in [9.17, 15) is 9.59 Å². The van der Waals surface area contributed by atoms with Crippen LogP contribution in [-0.2, 0) is 9.59 Å². The molecule has 116 valence electrons. The average molecular weight is 319 g/mol. The first kappa shape index (κ1) is 14.8. The van der Waals surface area contributed by atoms with Gasteiger partial charge in [0.25, 0.3) is 11.8 Å². The molecule has 0 atom stereocenters. The molecule has 0 bridgehead atoms. The van der Waals surface area contributed by atoms with Gasteiger partial charge >= 0.3 is 0 Å². The van der Waals surface area contributed by atoms with Crippen molar-refractivity contribution in [3.63, 3.8) is 0 Å². The fourth-order valence-corrected chi connectivity index (χ4v) is 2.77. The third kappa shape index (κ3) is 2.76. The number of likely N-dealkylation sites (N-methyl/N-ethyl adjacent to an activating group) is 1. The van der Waals surface area contributed by atoms with Crippen LogP contribution in [0.1, 0.15) is 25.0 Å². The van der Waals surface area contributed by atoms with Gasteiger partial charge in [-0.25, -0.2) is 0 Å². The third-order valence-corrected chi connectivity index (χ3v) is 4.25. The van der Waals surface area contributed by atoms with Gasteiger partial charge in [0.2, 0.25) is 0 Å². The molecule has 7 heteroatoms. The molecule has 3 heterocycles. The number of nitrogens with zero attached hydrogens (tertiary/aromatic N) is 2. The Morgan fingerprint density at radius 2 is 1.95 bits per heavy atom. The molecule has 1 aromatic rings. The molecule has 0 radical (unpaired) electrons. The zero-order valence-electron chi connectivity index (χ0n) is 12.3. The second-order valence-corrected chi connectivity index (χ2v) is 5.79. The Balaban J connectivity index is 1.82. The molecule has 1 aromatic heterocycles. The van der Waals surface area contributed by atoms with E-state index in [1.165, 1.54) is 24.4 Å². The Bertz CT molecular complexity index is 659. The van der Waals surface area contributed by atoms with Crippen LogP contribution >= 0.6 is 12.2 Å². The molecule has 6 nitrogen and oxygen atoms in total. The smallest absolute Gasteiger partial charge is 0.265 e. The maximum absolute atomic E-state index is 12.1. The van der Waals surface area contributed by atoms with E-state index in [1.807, 2.05) is 6.07 Å². The normalized spacial score (nSPS) is 21.5. The molecule has 2 fully saturated rings. The van der Waals surface area contributed by atoms with E-state index < -0.39 is 11.8 Å². The van der Waals surface area contributed by atoms with Crippen LogP contribution in [0.25, 0.3) is 6.08 Å². The summed E-state index contributed by atoms with van der Waals surface area (Å²) in [5.74, 6) is 0.341. The lowest BCUT2D eigenvalue weighted by atomic mass is 10.1. The highest BCUT2D eigenvalue weighted by atomic mass is 32.1. The fourth-order valence-electron chi connectivity index (χ4n) is 2.59. The topological polar surface area (TPSA) is 65.8 Å². The van der Waals surface area contributed by atoms with Crippen LogP contribution in [0.2, 0.25) is 0 Å². The number of rotatable bonds is 2. The van der Waals surface area contributed by atoms with E-state index in [2.05, 4.69) is 10.2 Å².